The topological polar surface area (TPSA) is 92.3 Å². The summed E-state index contributed by atoms with van der Waals surface area (Å²) in [6, 6.07) is 18.6. The maximum atomic E-state index is 12.1. The zero-order valence-corrected chi connectivity index (χ0v) is 18.2. The van der Waals surface area contributed by atoms with Crippen molar-refractivity contribution in [3.63, 3.8) is 0 Å². The van der Waals surface area contributed by atoms with E-state index in [4.69, 9.17) is 23.1 Å². The molecule has 6 atom stereocenters. The molecule has 0 amide bonds. The molecule has 0 radical (unpaired) electrons. The van der Waals surface area contributed by atoms with Crippen LogP contribution in [0.5, 0.6) is 0 Å². The summed E-state index contributed by atoms with van der Waals surface area (Å²) in [7, 11) is -2.26. The maximum Gasteiger partial charge on any atom is 0.264 e. The number of fused-ring (bicyclic) bond motifs is 1. The van der Waals surface area contributed by atoms with Gasteiger partial charge in [-0.15, -0.1) is 0 Å². The number of hydrogen-bond donors (Lipinski definition) is 1. The van der Waals surface area contributed by atoms with Gasteiger partial charge < -0.3 is 24.3 Å². The molecule has 0 bridgehead atoms. The molecule has 2 aromatic carbocycles. The highest BCUT2D eigenvalue weighted by Gasteiger charge is 2.52. The lowest BCUT2D eigenvalue weighted by atomic mass is 9.95. The van der Waals surface area contributed by atoms with E-state index < -0.39 is 47.1 Å². The molecule has 0 saturated carbocycles. The fraction of sp³-hybridized carbons (Fsp3) is 0.455. The van der Waals surface area contributed by atoms with Gasteiger partial charge in [0.15, 0.2) is 12.6 Å². The first-order valence-electron chi connectivity index (χ1n) is 10.1. The summed E-state index contributed by atoms with van der Waals surface area (Å²) in [5.74, 6) is 0. The molecule has 9 heteroatoms. The SMILES string of the molecule is CO[C@H]1O[C@H]2CO[C@H](c3ccccc3)O[C@@H]2[C@@H](OS(C)(=O)=O)[C@H]1NCc1ccccc1. The van der Waals surface area contributed by atoms with Gasteiger partial charge >= 0.3 is 0 Å². The average molecular weight is 450 g/mol. The van der Waals surface area contributed by atoms with Crippen molar-refractivity contribution < 1.29 is 31.5 Å². The molecule has 4 rings (SSSR count). The summed E-state index contributed by atoms with van der Waals surface area (Å²) in [6.45, 7) is 0.702. The zero-order valence-electron chi connectivity index (χ0n) is 17.4. The molecule has 2 aromatic rings. The van der Waals surface area contributed by atoms with Crippen molar-refractivity contribution >= 4 is 10.1 Å². The minimum Gasteiger partial charge on any atom is -0.354 e. The van der Waals surface area contributed by atoms with Crippen molar-refractivity contribution in [2.45, 2.75) is 43.5 Å². The fourth-order valence-electron chi connectivity index (χ4n) is 3.92. The van der Waals surface area contributed by atoms with Crippen molar-refractivity contribution in [2.75, 3.05) is 20.0 Å². The Bertz CT molecular complexity index is 935. The van der Waals surface area contributed by atoms with E-state index in [9.17, 15) is 8.42 Å². The van der Waals surface area contributed by atoms with Gasteiger partial charge in [0.25, 0.3) is 10.1 Å². The molecule has 0 unspecified atom stereocenters. The molecule has 8 nitrogen and oxygen atoms in total. The van der Waals surface area contributed by atoms with E-state index in [1.807, 2.05) is 60.7 Å². The van der Waals surface area contributed by atoms with E-state index in [0.717, 1.165) is 17.4 Å². The third-order valence-electron chi connectivity index (χ3n) is 5.31. The third-order valence-corrected chi connectivity index (χ3v) is 5.89. The van der Waals surface area contributed by atoms with Gasteiger partial charge in [0, 0.05) is 19.2 Å². The lowest BCUT2D eigenvalue weighted by Gasteiger charge is -2.48. The van der Waals surface area contributed by atoms with Gasteiger partial charge in [-0.05, 0) is 5.56 Å². The van der Waals surface area contributed by atoms with Crippen LogP contribution in [0.3, 0.4) is 0 Å². The first kappa shape index (κ1) is 22.3. The Morgan fingerprint density at radius 1 is 1.03 bits per heavy atom. The van der Waals surface area contributed by atoms with Gasteiger partial charge in [-0.1, -0.05) is 60.7 Å². The quantitative estimate of drug-likeness (QED) is 0.642. The van der Waals surface area contributed by atoms with E-state index >= 15 is 0 Å². The molecule has 1 N–H and O–H groups in total. The van der Waals surface area contributed by atoms with Crippen LogP contribution in [-0.4, -0.2) is 59.0 Å². The second-order valence-corrected chi connectivity index (χ2v) is 9.21. The molecule has 2 aliphatic rings. The highest BCUT2D eigenvalue weighted by molar-refractivity contribution is 7.86. The molecule has 0 aromatic heterocycles. The Morgan fingerprint density at radius 3 is 2.35 bits per heavy atom. The van der Waals surface area contributed by atoms with Crippen molar-refractivity contribution in [1.29, 1.82) is 0 Å². The molecule has 168 valence electrons. The van der Waals surface area contributed by atoms with E-state index in [2.05, 4.69) is 5.32 Å². The molecule has 2 saturated heterocycles. The van der Waals surface area contributed by atoms with Crippen molar-refractivity contribution in [2.24, 2.45) is 0 Å². The summed E-state index contributed by atoms with van der Waals surface area (Å²) >= 11 is 0. The largest absolute Gasteiger partial charge is 0.354 e. The minimum atomic E-state index is -3.78. The molecular weight excluding hydrogens is 422 g/mol. The predicted octanol–water partition coefficient (Wildman–Crippen LogP) is 1.98. The minimum absolute atomic E-state index is 0.221. The molecule has 0 spiro atoms. The summed E-state index contributed by atoms with van der Waals surface area (Å²) < 4.78 is 53.4. The predicted molar refractivity (Wildman–Crippen MR) is 112 cm³/mol. The molecule has 0 aliphatic carbocycles. The van der Waals surface area contributed by atoms with Gasteiger partial charge in [-0.2, -0.15) is 8.42 Å². The summed E-state index contributed by atoms with van der Waals surface area (Å²) in [4.78, 5) is 0. The molecule has 31 heavy (non-hydrogen) atoms. The van der Waals surface area contributed by atoms with E-state index in [1.54, 1.807) is 0 Å². The van der Waals surface area contributed by atoms with Crippen LogP contribution in [0.2, 0.25) is 0 Å². The van der Waals surface area contributed by atoms with Crippen LogP contribution in [0.1, 0.15) is 17.4 Å². The number of methoxy groups -OCH3 is 1. The number of hydrogen-bond acceptors (Lipinski definition) is 8. The number of ether oxygens (including phenoxy) is 4. The number of benzene rings is 2. The van der Waals surface area contributed by atoms with Crippen LogP contribution in [-0.2, 0) is 39.8 Å². The average Bonchev–Trinajstić information content (AvgIpc) is 2.78. The number of nitrogens with one attached hydrogen (secondary N) is 1. The Labute approximate surface area is 182 Å². The van der Waals surface area contributed by atoms with Gasteiger partial charge in [0.1, 0.15) is 18.3 Å². The second-order valence-electron chi connectivity index (χ2n) is 7.61. The van der Waals surface area contributed by atoms with Gasteiger partial charge in [0.05, 0.1) is 18.9 Å². The smallest absolute Gasteiger partial charge is 0.264 e. The van der Waals surface area contributed by atoms with Crippen molar-refractivity contribution in [3.8, 4) is 0 Å². The van der Waals surface area contributed by atoms with Gasteiger partial charge in [0.2, 0.25) is 0 Å². The Balaban J connectivity index is 1.59. The lowest BCUT2D eigenvalue weighted by molar-refractivity contribution is -0.338. The van der Waals surface area contributed by atoms with Gasteiger partial charge in [-0.3, -0.25) is 4.18 Å². The van der Waals surface area contributed by atoms with Crippen LogP contribution < -0.4 is 5.32 Å². The molecular formula is C22H27NO7S. The van der Waals surface area contributed by atoms with Gasteiger partial charge in [-0.25, -0.2) is 0 Å². The van der Waals surface area contributed by atoms with Crippen LogP contribution >= 0.6 is 0 Å². The normalized spacial score (nSPS) is 31.2. The third kappa shape index (κ3) is 5.50. The Kier molecular flexibility index (Phi) is 7.02. The van der Waals surface area contributed by atoms with Crippen molar-refractivity contribution in [3.05, 3.63) is 71.8 Å². The standard InChI is InChI=1S/C22H27NO7S/c1-26-22-18(23-13-15-9-5-3-6-10-15)20(30-31(2,24)25)19-17(28-22)14-27-21(29-19)16-11-7-4-8-12-16/h3-12,17-23H,13-14H2,1-2H3/t17-,18+,19-,20-,21-,22-/m0/s1. The highest BCUT2D eigenvalue weighted by Crippen LogP contribution is 2.36. The summed E-state index contributed by atoms with van der Waals surface area (Å²) in [5, 5.41) is 3.34. The first-order valence-corrected chi connectivity index (χ1v) is 11.9. The summed E-state index contributed by atoms with van der Waals surface area (Å²) in [6.07, 6.45) is -2.43. The Hall–Kier alpha value is -1.85. The summed E-state index contributed by atoms with van der Waals surface area (Å²) in [5.41, 5.74) is 1.87. The molecule has 2 fully saturated rings. The van der Waals surface area contributed by atoms with Crippen molar-refractivity contribution in [1.82, 2.24) is 5.32 Å². The van der Waals surface area contributed by atoms with Crippen LogP contribution in [0.25, 0.3) is 0 Å². The van der Waals surface area contributed by atoms with Crippen LogP contribution in [0, 0.1) is 0 Å². The van der Waals surface area contributed by atoms with E-state index in [0.29, 0.717) is 6.54 Å². The maximum absolute atomic E-state index is 12.1. The van der Waals surface area contributed by atoms with E-state index in [-0.39, 0.29) is 6.61 Å². The Morgan fingerprint density at radius 2 is 1.71 bits per heavy atom. The lowest BCUT2D eigenvalue weighted by Crippen LogP contribution is -2.66. The molecule has 2 aliphatic heterocycles. The van der Waals surface area contributed by atoms with Crippen LogP contribution in [0.4, 0.5) is 0 Å². The second kappa shape index (κ2) is 9.74. The number of rotatable bonds is 7. The first-order chi connectivity index (χ1) is 14.9. The van der Waals surface area contributed by atoms with Crippen LogP contribution in [0.15, 0.2) is 60.7 Å². The van der Waals surface area contributed by atoms with E-state index in [1.165, 1.54) is 7.11 Å². The fourth-order valence-corrected chi connectivity index (χ4v) is 4.55. The monoisotopic (exact) mass is 449 g/mol. The zero-order chi connectivity index (χ0) is 21.8. The highest BCUT2D eigenvalue weighted by atomic mass is 32.2. The molecule has 2 heterocycles.